The molecule has 12 heteroatoms. The lowest BCUT2D eigenvalue weighted by Crippen LogP contribution is -2.21. The van der Waals surface area contributed by atoms with Crippen molar-refractivity contribution in [1.82, 2.24) is 19.9 Å². The van der Waals surface area contributed by atoms with Crippen molar-refractivity contribution in [3.63, 3.8) is 0 Å². The molecule has 0 radical (unpaired) electrons. The van der Waals surface area contributed by atoms with Crippen LogP contribution in [0.5, 0.6) is 0 Å². The van der Waals surface area contributed by atoms with Gasteiger partial charge in [0.1, 0.15) is 11.6 Å². The predicted octanol–water partition coefficient (Wildman–Crippen LogP) is 2.23. The van der Waals surface area contributed by atoms with Gasteiger partial charge in [-0.25, -0.2) is 9.97 Å². The minimum absolute atomic E-state index is 0.0900. The Kier molecular flexibility index (Phi) is 6.27. The first-order chi connectivity index (χ1) is 18.3. The van der Waals surface area contributed by atoms with Crippen LogP contribution in [-0.2, 0) is 22.7 Å². The minimum Gasteiger partial charge on any atom is -0.383 e. The Labute approximate surface area is 216 Å². The van der Waals surface area contributed by atoms with E-state index in [4.69, 9.17) is 22.9 Å². The predicted molar refractivity (Wildman–Crippen MR) is 148 cm³/mol. The van der Waals surface area contributed by atoms with Crippen LogP contribution < -0.4 is 32.7 Å². The Morgan fingerprint density at radius 1 is 0.579 bits per heavy atom. The maximum atomic E-state index is 11.9. The number of carbonyl (C=O) groups is 2. The smallest absolute Gasteiger partial charge is 0.222 e. The second kappa shape index (κ2) is 9.85. The Hall–Kier alpha value is -5.52. The highest BCUT2D eigenvalue weighted by Crippen LogP contribution is 2.27. The summed E-state index contributed by atoms with van der Waals surface area (Å²) in [6.07, 6.45) is 1.50. The summed E-state index contributed by atoms with van der Waals surface area (Å²) in [7, 11) is 0. The van der Waals surface area contributed by atoms with E-state index in [9.17, 15) is 9.59 Å². The molecular weight excluding hydrogens is 484 g/mol. The highest BCUT2D eigenvalue weighted by molar-refractivity contribution is 5.94. The molecule has 0 unspecified atom stereocenters. The number of nitrogen functional groups attached to an aromatic ring is 4. The van der Waals surface area contributed by atoms with Gasteiger partial charge in [0, 0.05) is 22.1 Å². The third-order valence-electron chi connectivity index (χ3n) is 6.10. The zero-order chi connectivity index (χ0) is 26.8. The molecule has 12 nitrogen and oxygen atoms in total. The maximum Gasteiger partial charge on any atom is 0.222 e. The molecule has 0 fully saturated rings. The number of anilines is 6. The van der Waals surface area contributed by atoms with Crippen LogP contribution in [0.15, 0.2) is 60.7 Å². The minimum atomic E-state index is 0.0900. The van der Waals surface area contributed by atoms with Crippen LogP contribution in [-0.4, -0.2) is 32.8 Å². The molecule has 0 spiro atoms. The number of hydrogen-bond acceptors (Lipinski definition) is 10. The van der Waals surface area contributed by atoms with Crippen LogP contribution in [0.1, 0.15) is 11.1 Å². The fraction of sp³-hybridized carbons (Fsp3) is 0.0769. The van der Waals surface area contributed by atoms with Crippen molar-refractivity contribution in [2.24, 2.45) is 0 Å². The average Bonchev–Trinajstić information content (AvgIpc) is 2.91. The number of rotatable bonds is 8. The quantitative estimate of drug-likeness (QED) is 0.225. The second-order valence-electron chi connectivity index (χ2n) is 8.62. The summed E-state index contributed by atoms with van der Waals surface area (Å²) in [4.78, 5) is 43.2. The van der Waals surface area contributed by atoms with E-state index in [0.29, 0.717) is 46.3 Å². The van der Waals surface area contributed by atoms with Gasteiger partial charge in [-0.1, -0.05) is 24.3 Å². The molecule has 2 amide bonds. The monoisotopic (exact) mass is 508 g/mol. The largest absolute Gasteiger partial charge is 0.383 e. The van der Waals surface area contributed by atoms with E-state index in [1.165, 1.54) is 0 Å². The highest BCUT2D eigenvalue weighted by Gasteiger charge is 2.13. The lowest BCUT2D eigenvalue weighted by molar-refractivity contribution is -0.108. The zero-order valence-corrected chi connectivity index (χ0v) is 20.2. The molecule has 0 aliphatic heterocycles. The van der Waals surface area contributed by atoms with Crippen molar-refractivity contribution < 1.29 is 9.59 Å². The van der Waals surface area contributed by atoms with Crippen molar-refractivity contribution in [2.75, 3.05) is 32.7 Å². The molecule has 0 atom stereocenters. The first-order valence-corrected chi connectivity index (χ1v) is 11.5. The third kappa shape index (κ3) is 4.78. The first-order valence-electron chi connectivity index (χ1n) is 11.5. The van der Waals surface area contributed by atoms with Crippen molar-refractivity contribution in [2.45, 2.75) is 13.1 Å². The van der Waals surface area contributed by atoms with Gasteiger partial charge in [-0.15, -0.1) is 0 Å². The van der Waals surface area contributed by atoms with E-state index >= 15 is 0 Å². The van der Waals surface area contributed by atoms with Crippen LogP contribution in [0.3, 0.4) is 0 Å². The number of nitrogens with zero attached hydrogens (tertiary/aromatic N) is 6. The second-order valence-corrected chi connectivity index (χ2v) is 8.62. The van der Waals surface area contributed by atoms with E-state index in [0.717, 1.165) is 23.9 Å². The molecule has 38 heavy (non-hydrogen) atoms. The number of fused-ring (bicyclic) bond motifs is 2. The fourth-order valence-electron chi connectivity index (χ4n) is 4.20. The van der Waals surface area contributed by atoms with Crippen LogP contribution in [0, 0.1) is 0 Å². The Morgan fingerprint density at radius 3 is 1.34 bits per heavy atom. The van der Waals surface area contributed by atoms with Gasteiger partial charge in [-0.05, 0) is 47.5 Å². The molecule has 190 valence electrons. The van der Waals surface area contributed by atoms with Crippen LogP contribution in [0.2, 0.25) is 0 Å². The van der Waals surface area contributed by atoms with Crippen LogP contribution in [0.25, 0.3) is 21.8 Å². The molecule has 0 bridgehead atoms. The van der Waals surface area contributed by atoms with Crippen LogP contribution >= 0.6 is 0 Å². The zero-order valence-electron chi connectivity index (χ0n) is 20.2. The van der Waals surface area contributed by atoms with Gasteiger partial charge in [0.2, 0.25) is 24.7 Å². The summed E-state index contributed by atoms with van der Waals surface area (Å²) in [6, 6.07) is 18.2. The molecule has 2 heterocycles. The fourth-order valence-corrected chi connectivity index (χ4v) is 4.20. The van der Waals surface area contributed by atoms with E-state index in [1.807, 2.05) is 24.3 Å². The molecular formula is C26H24N10O2. The number of amides is 2. The molecule has 0 saturated carbocycles. The van der Waals surface area contributed by atoms with E-state index in [1.54, 1.807) is 46.2 Å². The van der Waals surface area contributed by atoms with Crippen molar-refractivity contribution in [1.29, 1.82) is 0 Å². The normalized spacial score (nSPS) is 10.9. The summed E-state index contributed by atoms with van der Waals surface area (Å²) in [5.41, 5.74) is 27.6. The van der Waals surface area contributed by atoms with Gasteiger partial charge in [0.15, 0.2) is 0 Å². The van der Waals surface area contributed by atoms with Crippen molar-refractivity contribution >= 4 is 69.5 Å². The molecule has 0 saturated heterocycles. The summed E-state index contributed by atoms with van der Waals surface area (Å²) in [5, 5.41) is 1.22. The molecule has 2 aromatic heterocycles. The van der Waals surface area contributed by atoms with Gasteiger partial charge < -0.3 is 32.7 Å². The van der Waals surface area contributed by atoms with Gasteiger partial charge >= 0.3 is 0 Å². The standard InChI is InChI=1S/C26H24N10O2/c27-23-19-9-17(5-7-21(19)31-25(29)33-23)35(13-37)11-15-1-2-16(4-3-15)12-36(14-38)18-6-8-22-20(10-18)24(28)34-26(30)32-22/h1-10,13-14H,11-12H2,(H4,27,29,31,33)(H4,28,30,32,34). The number of nitrogens with two attached hydrogens (primary N) is 4. The van der Waals surface area contributed by atoms with Gasteiger partial charge in [-0.2, -0.15) is 9.97 Å². The molecule has 0 aliphatic rings. The van der Waals surface area contributed by atoms with E-state index in [-0.39, 0.29) is 23.5 Å². The lowest BCUT2D eigenvalue weighted by Gasteiger charge is -2.20. The van der Waals surface area contributed by atoms with Crippen LogP contribution in [0.4, 0.5) is 34.9 Å². The molecule has 8 N–H and O–H groups in total. The molecule has 5 rings (SSSR count). The van der Waals surface area contributed by atoms with Gasteiger partial charge in [0.05, 0.1) is 24.1 Å². The van der Waals surface area contributed by atoms with E-state index < -0.39 is 0 Å². The summed E-state index contributed by atoms with van der Waals surface area (Å²) < 4.78 is 0. The molecule has 0 aliphatic carbocycles. The Bertz CT molecular complexity index is 1550. The van der Waals surface area contributed by atoms with Gasteiger partial charge in [-0.3, -0.25) is 9.59 Å². The molecule has 5 aromatic rings. The number of benzene rings is 3. The van der Waals surface area contributed by atoms with E-state index in [2.05, 4.69) is 19.9 Å². The highest BCUT2D eigenvalue weighted by atomic mass is 16.1. The number of aromatic nitrogens is 4. The Balaban J connectivity index is 1.32. The Morgan fingerprint density at radius 2 is 0.974 bits per heavy atom. The summed E-state index contributed by atoms with van der Waals surface area (Å²) >= 11 is 0. The maximum absolute atomic E-state index is 11.9. The average molecular weight is 509 g/mol. The summed E-state index contributed by atoms with van der Waals surface area (Å²) in [6.45, 7) is 0.658. The topological polar surface area (TPSA) is 196 Å². The number of carbonyl (C=O) groups excluding carboxylic acids is 2. The molecule has 3 aromatic carbocycles. The van der Waals surface area contributed by atoms with Gasteiger partial charge in [0.25, 0.3) is 0 Å². The van der Waals surface area contributed by atoms with Crippen molar-refractivity contribution in [3.05, 3.63) is 71.8 Å². The third-order valence-corrected chi connectivity index (χ3v) is 6.10. The van der Waals surface area contributed by atoms with Crippen molar-refractivity contribution in [3.8, 4) is 0 Å². The lowest BCUT2D eigenvalue weighted by atomic mass is 10.1. The number of hydrogen-bond donors (Lipinski definition) is 4. The first kappa shape index (κ1) is 24.2. The summed E-state index contributed by atoms with van der Waals surface area (Å²) in [5.74, 6) is 0.671. The SMILES string of the molecule is Nc1nc(N)c2cc(N(C=O)Cc3ccc(CN(C=O)c4ccc5nc(N)nc(N)c5c4)cc3)ccc2n1.